The smallest absolute Gasteiger partial charge is 0.378 e. The van der Waals surface area contributed by atoms with Crippen molar-refractivity contribution >= 4 is 23.1 Å². The standard InChI is InChI=1S/C31H30F3N9O2/c1-20-16-41(19-37-20)17-24-4-6-25(13-27(24)31(32,33)34)38-29(44)22-2-3-23(14-35)21(12-22)5-7-28-39-40-30-36-15-26(18-43(28)30)42-8-10-45-11-9-42/h2-4,6,12-13,15-16,18,37H,8-11,14,17,19,35H2,1H3,(H,38,44). The highest BCUT2D eigenvalue weighted by Gasteiger charge is 2.34. The molecule has 2 aromatic heterocycles. The molecule has 0 atom stereocenters. The molecule has 4 aromatic rings. The maximum atomic E-state index is 14.0. The van der Waals surface area contributed by atoms with Crippen molar-refractivity contribution in [1.29, 1.82) is 0 Å². The predicted octanol–water partition coefficient (Wildman–Crippen LogP) is 3.31. The molecule has 1 saturated heterocycles. The molecule has 1 amide bonds. The van der Waals surface area contributed by atoms with Gasteiger partial charge in [0.2, 0.25) is 5.82 Å². The number of carbonyl (C=O) groups excluding carboxylic acids is 1. The van der Waals surface area contributed by atoms with E-state index in [1.54, 1.807) is 39.9 Å². The van der Waals surface area contributed by atoms with Crippen molar-refractivity contribution in [1.82, 2.24) is 29.8 Å². The number of nitrogens with one attached hydrogen (secondary N) is 2. The molecule has 2 aliphatic heterocycles. The van der Waals surface area contributed by atoms with Crippen molar-refractivity contribution in [3.63, 3.8) is 0 Å². The number of fused-ring (bicyclic) bond motifs is 1. The normalized spacial score (nSPS) is 15.0. The van der Waals surface area contributed by atoms with E-state index in [1.165, 1.54) is 12.1 Å². The van der Waals surface area contributed by atoms with Crippen LogP contribution in [-0.4, -0.2) is 63.4 Å². The molecule has 0 radical (unpaired) electrons. The van der Waals surface area contributed by atoms with Gasteiger partial charge in [0.05, 0.1) is 37.3 Å². The molecule has 4 heterocycles. The fourth-order valence-electron chi connectivity index (χ4n) is 5.16. The van der Waals surface area contributed by atoms with Crippen molar-refractivity contribution in [3.8, 4) is 11.8 Å². The van der Waals surface area contributed by atoms with Gasteiger partial charge in [-0.1, -0.05) is 18.1 Å². The summed E-state index contributed by atoms with van der Waals surface area (Å²) in [5.74, 6) is 6.18. The Labute approximate surface area is 256 Å². The summed E-state index contributed by atoms with van der Waals surface area (Å²) in [5, 5.41) is 13.9. The molecule has 6 rings (SSSR count). The Hall–Kier alpha value is -5.13. The van der Waals surface area contributed by atoms with E-state index < -0.39 is 17.6 Å². The number of nitrogens with two attached hydrogens (primary N) is 1. The van der Waals surface area contributed by atoms with Crippen LogP contribution in [0.4, 0.5) is 24.5 Å². The molecule has 4 N–H and O–H groups in total. The summed E-state index contributed by atoms with van der Waals surface area (Å²) in [4.78, 5) is 21.5. The number of morpholine rings is 1. The SMILES string of the molecule is CC1=CN(Cc2ccc(NC(=O)c3ccc(CN)c(C#Cc4nnc5ncc(N6CCOCC6)cn45)c3)cc2C(F)(F)F)CN1. The summed E-state index contributed by atoms with van der Waals surface area (Å²) in [6, 6.07) is 8.59. The van der Waals surface area contributed by atoms with Crippen LogP contribution in [0.15, 0.2) is 60.7 Å². The molecule has 45 heavy (non-hydrogen) atoms. The van der Waals surface area contributed by atoms with E-state index in [0.717, 1.165) is 30.5 Å². The molecule has 11 nitrogen and oxygen atoms in total. The number of amides is 1. The maximum absolute atomic E-state index is 14.0. The quantitative estimate of drug-likeness (QED) is 0.280. The minimum absolute atomic E-state index is 0.0244. The second-order valence-electron chi connectivity index (χ2n) is 10.6. The van der Waals surface area contributed by atoms with E-state index in [2.05, 4.69) is 42.6 Å². The Morgan fingerprint density at radius 1 is 1.11 bits per heavy atom. The van der Waals surface area contributed by atoms with E-state index in [0.29, 0.717) is 42.6 Å². The van der Waals surface area contributed by atoms with Gasteiger partial charge in [0.25, 0.3) is 11.7 Å². The van der Waals surface area contributed by atoms with Crippen LogP contribution in [0.25, 0.3) is 5.78 Å². The summed E-state index contributed by atoms with van der Waals surface area (Å²) in [5.41, 5.74) is 8.39. The maximum Gasteiger partial charge on any atom is 0.416 e. The second-order valence-corrected chi connectivity index (χ2v) is 10.6. The highest BCUT2D eigenvalue weighted by atomic mass is 19.4. The number of halogens is 3. The summed E-state index contributed by atoms with van der Waals surface area (Å²) in [6.07, 6.45) is 0.769. The van der Waals surface area contributed by atoms with Gasteiger partial charge in [-0.25, -0.2) is 4.98 Å². The first-order valence-corrected chi connectivity index (χ1v) is 14.2. The molecular weight excluding hydrogens is 587 g/mol. The minimum Gasteiger partial charge on any atom is -0.378 e. The lowest BCUT2D eigenvalue weighted by Crippen LogP contribution is -2.36. The second kappa shape index (κ2) is 12.5. The third-order valence-corrected chi connectivity index (χ3v) is 7.51. The van der Waals surface area contributed by atoms with Crippen LogP contribution in [0.5, 0.6) is 0 Å². The molecule has 232 valence electrons. The topological polar surface area (TPSA) is 126 Å². The molecule has 14 heteroatoms. The first-order valence-electron chi connectivity index (χ1n) is 14.2. The third-order valence-electron chi connectivity index (χ3n) is 7.51. The van der Waals surface area contributed by atoms with Crippen LogP contribution in [0.1, 0.15) is 45.4 Å². The third kappa shape index (κ3) is 6.69. The van der Waals surface area contributed by atoms with Gasteiger partial charge < -0.3 is 30.9 Å². The van der Waals surface area contributed by atoms with Crippen LogP contribution >= 0.6 is 0 Å². The highest BCUT2D eigenvalue weighted by Crippen LogP contribution is 2.35. The van der Waals surface area contributed by atoms with Crippen LogP contribution in [-0.2, 0) is 24.0 Å². The number of ether oxygens (including phenoxy) is 1. The van der Waals surface area contributed by atoms with Crippen LogP contribution in [0, 0.1) is 11.8 Å². The lowest BCUT2D eigenvalue weighted by molar-refractivity contribution is -0.138. The zero-order valence-corrected chi connectivity index (χ0v) is 24.4. The largest absolute Gasteiger partial charge is 0.416 e. The zero-order valence-electron chi connectivity index (χ0n) is 24.4. The van der Waals surface area contributed by atoms with Gasteiger partial charge in [-0.3, -0.25) is 9.20 Å². The van der Waals surface area contributed by atoms with Crippen LogP contribution in [0.3, 0.4) is 0 Å². The van der Waals surface area contributed by atoms with Crippen molar-refractivity contribution in [2.45, 2.75) is 26.2 Å². The number of aromatic nitrogens is 4. The number of rotatable bonds is 6. The average molecular weight is 618 g/mol. The van der Waals surface area contributed by atoms with Gasteiger partial charge in [0, 0.05) is 61.1 Å². The van der Waals surface area contributed by atoms with Gasteiger partial charge in [-0.15, -0.1) is 10.2 Å². The van der Waals surface area contributed by atoms with Crippen molar-refractivity contribution in [3.05, 3.63) is 94.3 Å². The molecule has 2 aromatic carbocycles. The molecule has 0 unspecified atom stereocenters. The highest BCUT2D eigenvalue weighted by molar-refractivity contribution is 6.04. The van der Waals surface area contributed by atoms with Gasteiger partial charge in [0.15, 0.2) is 0 Å². The fourth-order valence-corrected chi connectivity index (χ4v) is 5.16. The lowest BCUT2D eigenvalue weighted by Gasteiger charge is -2.28. The van der Waals surface area contributed by atoms with E-state index in [4.69, 9.17) is 10.5 Å². The Balaban J connectivity index is 1.24. The minimum atomic E-state index is -4.60. The summed E-state index contributed by atoms with van der Waals surface area (Å²) in [7, 11) is 0. The first kappa shape index (κ1) is 29.9. The van der Waals surface area contributed by atoms with Gasteiger partial charge >= 0.3 is 6.18 Å². The van der Waals surface area contributed by atoms with E-state index in [-0.39, 0.29) is 29.9 Å². The number of allylic oxidation sites excluding steroid dienone is 1. The number of hydrogen-bond donors (Lipinski definition) is 3. The van der Waals surface area contributed by atoms with Crippen molar-refractivity contribution < 1.29 is 22.7 Å². The number of benzene rings is 2. The lowest BCUT2D eigenvalue weighted by atomic mass is 10.0. The Kier molecular flexibility index (Phi) is 8.29. The van der Waals surface area contributed by atoms with E-state index in [1.807, 2.05) is 13.1 Å². The molecular formula is C31H30F3N9O2. The first-order chi connectivity index (χ1) is 21.7. The van der Waals surface area contributed by atoms with E-state index >= 15 is 0 Å². The number of alkyl halides is 3. The number of hydrogen-bond acceptors (Lipinski definition) is 9. The van der Waals surface area contributed by atoms with Gasteiger partial charge in [0.1, 0.15) is 0 Å². The predicted molar refractivity (Wildman–Crippen MR) is 161 cm³/mol. The summed E-state index contributed by atoms with van der Waals surface area (Å²) >= 11 is 0. The molecule has 1 fully saturated rings. The van der Waals surface area contributed by atoms with Crippen molar-refractivity contribution in [2.24, 2.45) is 5.73 Å². The Morgan fingerprint density at radius 3 is 2.64 bits per heavy atom. The fraction of sp³-hybridized carbons (Fsp3) is 0.290. The van der Waals surface area contributed by atoms with Crippen LogP contribution in [0.2, 0.25) is 0 Å². The molecule has 2 aliphatic rings. The number of anilines is 2. The van der Waals surface area contributed by atoms with E-state index in [9.17, 15) is 18.0 Å². The number of carbonyl (C=O) groups is 1. The monoisotopic (exact) mass is 617 g/mol. The molecule has 0 saturated carbocycles. The zero-order chi connectivity index (χ0) is 31.6. The summed E-state index contributed by atoms with van der Waals surface area (Å²) in [6.45, 7) is 5.22. The molecule has 0 bridgehead atoms. The Morgan fingerprint density at radius 2 is 1.91 bits per heavy atom. The Bertz CT molecular complexity index is 1840. The average Bonchev–Trinajstić information content (AvgIpc) is 3.65. The molecule has 0 spiro atoms. The van der Waals surface area contributed by atoms with Crippen LogP contribution < -0.4 is 21.3 Å². The number of nitrogens with zero attached hydrogens (tertiary/aromatic N) is 6. The van der Waals surface area contributed by atoms with Gasteiger partial charge in [-0.05, 0) is 48.2 Å². The van der Waals surface area contributed by atoms with Crippen molar-refractivity contribution in [2.75, 3.05) is 43.2 Å². The summed E-state index contributed by atoms with van der Waals surface area (Å²) < 4.78 is 49.1. The molecule has 0 aliphatic carbocycles. The van der Waals surface area contributed by atoms with Gasteiger partial charge in [-0.2, -0.15) is 13.2 Å².